The second-order valence-corrected chi connectivity index (χ2v) is 20.1. The van der Waals surface area contributed by atoms with E-state index in [2.05, 4.69) is 10.6 Å². The summed E-state index contributed by atoms with van der Waals surface area (Å²) in [4.78, 5) is 114. The van der Waals surface area contributed by atoms with Crippen LogP contribution in [-0.2, 0) is 61.9 Å². The molecule has 3 N–H and O–H groups in total. The number of rotatable bonds is 15. The Balaban J connectivity index is 1.33. The number of hydrogen-bond donors (Lipinski definition) is 3. The maximum atomic E-state index is 16.3. The third-order valence-corrected chi connectivity index (χ3v) is 15.2. The van der Waals surface area contributed by atoms with Gasteiger partial charge < -0.3 is 48.3 Å². The van der Waals surface area contributed by atoms with E-state index >= 15 is 9.59 Å². The van der Waals surface area contributed by atoms with E-state index in [1.54, 1.807) is 109 Å². The van der Waals surface area contributed by atoms with Crippen molar-refractivity contribution in [1.29, 1.82) is 0 Å². The van der Waals surface area contributed by atoms with Crippen molar-refractivity contribution in [3.63, 3.8) is 0 Å². The molecule has 0 radical (unpaired) electrons. The summed E-state index contributed by atoms with van der Waals surface area (Å²) >= 11 is 0. The SMILES string of the molecule is COCC(=O)O[C@@H](C(=O)O[C@H]1C[C@@]2(O)[C@@H](OC(=O)c3ccccc3)[C@@H]3[C@]4(OC(C)=O)CO[C@@H]4C[C@H](OC(=O)Nc4ccccc4)[C@@]3(C)C(=O)[C@H](OC(C)=O)C(=C1C)C2(C)C)[C@@H](NC(=O)c1ccccc1)c1ccccc1. The van der Waals surface area contributed by atoms with E-state index in [0.29, 0.717) is 11.3 Å². The molecule has 2 amide bonds. The zero-order valence-corrected chi connectivity index (χ0v) is 43.0. The summed E-state index contributed by atoms with van der Waals surface area (Å²) < 4.78 is 48.5. The van der Waals surface area contributed by atoms with Crippen molar-refractivity contribution in [2.24, 2.45) is 16.7 Å². The number of benzene rings is 4. The van der Waals surface area contributed by atoms with Gasteiger partial charge in [-0.1, -0.05) is 98.8 Å². The van der Waals surface area contributed by atoms with Crippen molar-refractivity contribution >= 4 is 53.3 Å². The lowest BCUT2D eigenvalue weighted by Gasteiger charge is -2.67. The van der Waals surface area contributed by atoms with Gasteiger partial charge in [0.2, 0.25) is 6.10 Å². The third-order valence-electron chi connectivity index (χ3n) is 15.2. The molecule has 2 bridgehead atoms. The van der Waals surface area contributed by atoms with Gasteiger partial charge >= 0.3 is 35.9 Å². The molecule has 11 atom stereocenters. The van der Waals surface area contributed by atoms with E-state index in [1.165, 1.54) is 46.9 Å². The molecule has 0 aromatic heterocycles. The second-order valence-electron chi connectivity index (χ2n) is 20.1. The number of nitrogens with one attached hydrogen (secondary N) is 2. The molecule has 8 rings (SSSR count). The molecule has 19 nitrogen and oxygen atoms in total. The Kier molecular flexibility index (Phi) is 15.7. The van der Waals surface area contributed by atoms with Crippen molar-refractivity contribution in [1.82, 2.24) is 5.32 Å². The minimum atomic E-state index is -2.54. The summed E-state index contributed by atoms with van der Waals surface area (Å²) in [6.45, 7) is 7.18. The average Bonchev–Trinajstić information content (AvgIpc) is 3.58. The van der Waals surface area contributed by atoms with Crippen LogP contribution >= 0.6 is 0 Å². The summed E-state index contributed by atoms with van der Waals surface area (Å²) in [5.74, 6) is -8.30. The summed E-state index contributed by atoms with van der Waals surface area (Å²) in [6.07, 6.45) is -12.1. The fourth-order valence-corrected chi connectivity index (χ4v) is 11.5. The smallest absolute Gasteiger partial charge is 0.411 e. The lowest BCUT2D eigenvalue weighted by molar-refractivity contribution is -0.345. The van der Waals surface area contributed by atoms with Crippen LogP contribution in [0.4, 0.5) is 10.5 Å². The standard InChI is InChI=1S/C57H60N2O17/c1-32-39(72-52(66)46(74-42(62)30-69-7)44(35-20-12-8-13-21-35)59-50(64)36-22-14-9-15-23-36)29-57(68)49(75-51(65)37-24-16-10-17-25-37)47-55(6,48(63)45(71-33(2)60)43(32)54(57,4)5)40(28-41-56(47,31-70-41)76-34(3)61)73-53(67)58-38-26-18-11-19-27-38/h8-27,39-41,44-47,49,68H,28-31H2,1-7H3,(H,58,67)(H,59,64)/t39-,40-,41+,44-,45+,46+,47-,49-,55+,56-,57+/m0/s1. The van der Waals surface area contributed by atoms with Crippen molar-refractivity contribution < 1.29 is 81.4 Å². The van der Waals surface area contributed by atoms with Crippen LogP contribution in [0.2, 0.25) is 0 Å². The number of esters is 5. The van der Waals surface area contributed by atoms with Crippen LogP contribution in [0.15, 0.2) is 132 Å². The van der Waals surface area contributed by atoms with Crippen molar-refractivity contribution in [2.45, 2.75) is 108 Å². The van der Waals surface area contributed by atoms with Crippen LogP contribution in [0.25, 0.3) is 0 Å². The molecule has 0 unspecified atom stereocenters. The third kappa shape index (κ3) is 10.2. The molecule has 3 fully saturated rings. The largest absolute Gasteiger partial charge is 0.455 e. The van der Waals surface area contributed by atoms with E-state index in [1.807, 2.05) is 0 Å². The molecule has 0 spiro atoms. The second kappa shape index (κ2) is 21.8. The molecular formula is C57H60N2O17. The van der Waals surface area contributed by atoms with Gasteiger partial charge in [-0.05, 0) is 67.0 Å². The van der Waals surface area contributed by atoms with Crippen LogP contribution in [-0.4, -0.2) is 121 Å². The molecule has 76 heavy (non-hydrogen) atoms. The van der Waals surface area contributed by atoms with Crippen LogP contribution < -0.4 is 10.6 Å². The number of aliphatic hydroxyl groups is 1. The Labute approximate surface area is 438 Å². The van der Waals surface area contributed by atoms with Gasteiger partial charge in [0.05, 0.1) is 23.5 Å². The maximum Gasteiger partial charge on any atom is 0.411 e. The van der Waals surface area contributed by atoms with Gasteiger partial charge in [0.25, 0.3) is 5.91 Å². The molecule has 4 aromatic rings. The van der Waals surface area contributed by atoms with Crippen molar-refractivity contribution in [3.05, 3.63) is 149 Å². The molecule has 400 valence electrons. The summed E-state index contributed by atoms with van der Waals surface area (Å²) in [5, 5.41) is 19.7. The van der Waals surface area contributed by atoms with Crippen LogP contribution in [0.5, 0.6) is 0 Å². The lowest BCUT2D eigenvalue weighted by Crippen LogP contribution is -2.82. The molecule has 3 aliphatic carbocycles. The van der Waals surface area contributed by atoms with Crippen LogP contribution in [0.3, 0.4) is 0 Å². The maximum absolute atomic E-state index is 16.3. The fourth-order valence-electron chi connectivity index (χ4n) is 11.5. The molecule has 1 heterocycles. The molecule has 1 aliphatic heterocycles. The highest BCUT2D eigenvalue weighted by Crippen LogP contribution is 2.65. The lowest BCUT2D eigenvalue weighted by atomic mass is 9.44. The number of para-hydroxylation sites is 1. The number of hydrogen-bond acceptors (Lipinski definition) is 17. The van der Waals surface area contributed by atoms with E-state index < -0.39 is 138 Å². The number of Topliss-reactive ketones (excluding diaryl/α,β-unsaturated/α-hetero) is 1. The Morgan fingerprint density at radius 1 is 0.763 bits per heavy atom. The van der Waals surface area contributed by atoms with Crippen molar-refractivity contribution in [3.8, 4) is 0 Å². The van der Waals surface area contributed by atoms with Gasteiger partial charge in [-0.2, -0.15) is 0 Å². The van der Waals surface area contributed by atoms with Gasteiger partial charge in [-0.25, -0.2) is 19.2 Å². The number of ether oxygens (including phenoxy) is 8. The average molecular weight is 1050 g/mol. The first kappa shape index (κ1) is 54.5. The van der Waals surface area contributed by atoms with Gasteiger partial charge in [0, 0.05) is 50.5 Å². The van der Waals surface area contributed by atoms with E-state index in [9.17, 15) is 33.9 Å². The summed E-state index contributed by atoms with van der Waals surface area (Å²) in [5.41, 5.74) is -7.53. The first-order chi connectivity index (χ1) is 36.2. The molecule has 2 saturated carbocycles. The van der Waals surface area contributed by atoms with Crippen LogP contribution in [0, 0.1) is 16.7 Å². The van der Waals surface area contributed by atoms with Crippen molar-refractivity contribution in [2.75, 3.05) is 25.6 Å². The fraction of sp³-hybridized carbons (Fsp3) is 0.404. The predicted molar refractivity (Wildman–Crippen MR) is 268 cm³/mol. The highest BCUT2D eigenvalue weighted by atomic mass is 16.6. The number of ketones is 1. The molecule has 19 heteroatoms. The molecule has 4 aliphatic rings. The Morgan fingerprint density at radius 3 is 1.92 bits per heavy atom. The highest BCUT2D eigenvalue weighted by molar-refractivity contribution is 5.97. The normalized spacial score (nSPS) is 27.9. The number of amides is 2. The predicted octanol–water partition coefficient (Wildman–Crippen LogP) is 6.19. The van der Waals surface area contributed by atoms with E-state index in [0.717, 1.165) is 13.8 Å². The molecule has 1 saturated heterocycles. The van der Waals surface area contributed by atoms with Gasteiger partial charge in [-0.15, -0.1) is 0 Å². The first-order valence-electron chi connectivity index (χ1n) is 24.7. The van der Waals surface area contributed by atoms with Gasteiger partial charge in [0.15, 0.2) is 17.5 Å². The Bertz CT molecular complexity index is 2900. The topological polar surface area (TPSA) is 255 Å². The quantitative estimate of drug-likeness (QED) is 0.0682. The highest BCUT2D eigenvalue weighted by Gasteiger charge is 2.79. The minimum Gasteiger partial charge on any atom is -0.455 e. The number of carbonyl (C=O) groups excluding carboxylic acids is 8. The van der Waals surface area contributed by atoms with Gasteiger partial charge in [-0.3, -0.25) is 24.5 Å². The van der Waals surface area contributed by atoms with E-state index in [-0.39, 0.29) is 28.7 Å². The van der Waals surface area contributed by atoms with E-state index in [4.69, 9.17) is 37.9 Å². The zero-order chi connectivity index (χ0) is 54.7. The Hall–Kier alpha value is -7.74. The minimum absolute atomic E-state index is 0.0153. The monoisotopic (exact) mass is 1040 g/mol. The molecular weight excluding hydrogens is 985 g/mol. The number of fused-ring (bicyclic) bond motifs is 5. The number of methoxy groups -OCH3 is 1. The first-order valence-corrected chi connectivity index (χ1v) is 24.7. The number of anilines is 1. The zero-order valence-electron chi connectivity index (χ0n) is 43.0. The van der Waals surface area contributed by atoms with Crippen LogP contribution in [0.1, 0.15) is 86.7 Å². The summed E-state index contributed by atoms with van der Waals surface area (Å²) in [7, 11) is 1.24. The van der Waals surface area contributed by atoms with Gasteiger partial charge in [0.1, 0.15) is 42.7 Å². The summed E-state index contributed by atoms with van der Waals surface area (Å²) in [6, 6.07) is 30.9. The number of carbonyl (C=O) groups is 8. The molecule has 4 aromatic carbocycles. The Morgan fingerprint density at radius 2 is 1.36 bits per heavy atom.